The number of sulfonamides is 1. The van der Waals surface area contributed by atoms with Crippen LogP contribution in [0, 0.1) is 11.7 Å². The van der Waals surface area contributed by atoms with Gasteiger partial charge in [0.25, 0.3) is 15.9 Å². The molecule has 11 nitrogen and oxygen atoms in total. The first-order chi connectivity index (χ1) is 20.4. The number of nitrogens with zero attached hydrogens (tertiary/aromatic N) is 2. The minimum Gasteiger partial charge on any atom is -0.497 e. The van der Waals surface area contributed by atoms with Crippen molar-refractivity contribution in [3.63, 3.8) is 0 Å². The lowest BCUT2D eigenvalue weighted by Gasteiger charge is -2.38. The molecule has 0 unspecified atom stereocenters. The third-order valence-corrected chi connectivity index (χ3v) is 8.58. The van der Waals surface area contributed by atoms with Crippen LogP contribution in [0.4, 0.5) is 20.6 Å². The van der Waals surface area contributed by atoms with Gasteiger partial charge in [-0.1, -0.05) is 13.0 Å². The first-order valence-electron chi connectivity index (χ1n) is 13.6. The van der Waals surface area contributed by atoms with Crippen molar-refractivity contribution in [3.05, 3.63) is 78.1 Å². The van der Waals surface area contributed by atoms with E-state index in [0.717, 1.165) is 24.3 Å². The van der Waals surface area contributed by atoms with Gasteiger partial charge in [-0.3, -0.25) is 9.52 Å². The maximum absolute atomic E-state index is 13.7. The van der Waals surface area contributed by atoms with Crippen molar-refractivity contribution in [2.24, 2.45) is 5.92 Å². The van der Waals surface area contributed by atoms with Crippen LogP contribution in [0.2, 0.25) is 0 Å². The van der Waals surface area contributed by atoms with E-state index in [4.69, 9.17) is 9.47 Å². The van der Waals surface area contributed by atoms with Gasteiger partial charge in [-0.2, -0.15) is 0 Å². The van der Waals surface area contributed by atoms with Gasteiger partial charge in [-0.25, -0.2) is 17.6 Å². The number of ether oxygens (including phenoxy) is 2. The van der Waals surface area contributed by atoms with Crippen molar-refractivity contribution >= 4 is 33.3 Å². The number of likely N-dealkylation sites (N-methyl/N-ethyl adjacent to an activating group) is 1. The molecule has 4 rings (SSSR count). The second-order valence-corrected chi connectivity index (χ2v) is 12.1. The zero-order chi connectivity index (χ0) is 31.3. The highest BCUT2D eigenvalue weighted by Crippen LogP contribution is 2.36. The Labute approximate surface area is 250 Å². The van der Waals surface area contributed by atoms with E-state index < -0.39 is 39.9 Å². The summed E-state index contributed by atoms with van der Waals surface area (Å²) in [7, 11) is -1.05. The standard InChI is InChI=1S/C30H35FN4O7S/c1-19-16-35(20(2)18-36)29(37)25-6-5-7-26(33-43(39,40)24-14-8-21(31)9-15-24)28(25)42-27(19)17-34(3)30(38)32-22-10-12-23(41-4)13-11-22/h5-15,19-20,27,33,36H,16-18H2,1-4H3,(H,32,38)/t19-,20+,27-/m1/s1. The third kappa shape index (κ3) is 7.35. The SMILES string of the molecule is COc1ccc(NC(=O)N(C)C[C@H]2Oc3c(NS(=O)(=O)c4ccc(F)cc4)cccc3C(=O)N([C@@H](C)CO)C[C@H]2C)cc1. The van der Waals surface area contributed by atoms with Crippen molar-refractivity contribution in [2.45, 2.75) is 30.9 Å². The zero-order valence-electron chi connectivity index (χ0n) is 24.3. The molecule has 0 aliphatic carbocycles. The summed E-state index contributed by atoms with van der Waals surface area (Å²) in [6.45, 7) is 3.56. The van der Waals surface area contributed by atoms with Gasteiger partial charge < -0.3 is 29.7 Å². The molecule has 1 heterocycles. The second-order valence-electron chi connectivity index (χ2n) is 10.4. The molecule has 0 fully saturated rings. The van der Waals surface area contributed by atoms with E-state index in [1.54, 1.807) is 45.3 Å². The predicted molar refractivity (Wildman–Crippen MR) is 159 cm³/mol. The number of fused-ring (bicyclic) bond motifs is 1. The van der Waals surface area contributed by atoms with Crippen molar-refractivity contribution in [1.82, 2.24) is 9.80 Å². The molecular formula is C30H35FN4O7S. The topological polar surface area (TPSA) is 138 Å². The number of urea groups is 1. The molecule has 3 aromatic rings. The van der Waals surface area contributed by atoms with Crippen LogP contribution < -0.4 is 19.5 Å². The summed E-state index contributed by atoms with van der Waals surface area (Å²) in [6.07, 6.45) is -0.691. The molecule has 3 amide bonds. The summed E-state index contributed by atoms with van der Waals surface area (Å²) in [5.74, 6) is -0.759. The lowest BCUT2D eigenvalue weighted by molar-refractivity contribution is 0.0373. The lowest BCUT2D eigenvalue weighted by atomic mass is 9.99. The molecule has 0 aromatic heterocycles. The summed E-state index contributed by atoms with van der Waals surface area (Å²) >= 11 is 0. The molecule has 43 heavy (non-hydrogen) atoms. The molecule has 0 bridgehead atoms. The van der Waals surface area contributed by atoms with E-state index in [2.05, 4.69) is 10.0 Å². The van der Waals surface area contributed by atoms with Crippen LogP contribution >= 0.6 is 0 Å². The lowest BCUT2D eigenvalue weighted by Crippen LogP contribution is -2.50. The number of anilines is 2. The van der Waals surface area contributed by atoms with E-state index >= 15 is 0 Å². The van der Waals surface area contributed by atoms with Gasteiger partial charge in [-0.15, -0.1) is 0 Å². The Hall–Kier alpha value is -4.36. The van der Waals surface area contributed by atoms with Crippen LogP contribution in [0.5, 0.6) is 11.5 Å². The van der Waals surface area contributed by atoms with Crippen molar-refractivity contribution in [2.75, 3.05) is 43.9 Å². The first-order valence-corrected chi connectivity index (χ1v) is 15.1. The summed E-state index contributed by atoms with van der Waals surface area (Å²) in [5, 5.41) is 12.7. The quantitative estimate of drug-likeness (QED) is 0.331. The normalized spacial score (nSPS) is 17.5. The highest BCUT2D eigenvalue weighted by atomic mass is 32.2. The Morgan fingerprint density at radius 2 is 1.84 bits per heavy atom. The molecule has 13 heteroatoms. The minimum atomic E-state index is -4.19. The molecular weight excluding hydrogens is 579 g/mol. The smallest absolute Gasteiger partial charge is 0.321 e. The highest BCUT2D eigenvalue weighted by Gasteiger charge is 2.35. The number of amides is 3. The average Bonchev–Trinajstić information content (AvgIpc) is 2.99. The van der Waals surface area contributed by atoms with E-state index in [9.17, 15) is 27.5 Å². The maximum atomic E-state index is 13.7. The van der Waals surface area contributed by atoms with Gasteiger partial charge in [0.1, 0.15) is 17.7 Å². The summed E-state index contributed by atoms with van der Waals surface area (Å²) < 4.78 is 53.8. The fourth-order valence-electron chi connectivity index (χ4n) is 4.61. The molecule has 0 saturated carbocycles. The van der Waals surface area contributed by atoms with E-state index in [0.29, 0.717) is 11.4 Å². The van der Waals surface area contributed by atoms with Gasteiger partial charge >= 0.3 is 6.03 Å². The van der Waals surface area contributed by atoms with Crippen molar-refractivity contribution in [3.8, 4) is 11.5 Å². The number of methoxy groups -OCH3 is 1. The number of hydrogen-bond acceptors (Lipinski definition) is 7. The van der Waals surface area contributed by atoms with Crippen LogP contribution in [0.3, 0.4) is 0 Å². The summed E-state index contributed by atoms with van der Waals surface area (Å²) in [5.41, 5.74) is 0.638. The number of rotatable bonds is 9. The number of carbonyl (C=O) groups is 2. The van der Waals surface area contributed by atoms with Crippen LogP contribution in [0.25, 0.3) is 0 Å². The average molecular weight is 615 g/mol. The van der Waals surface area contributed by atoms with Crippen LogP contribution in [0.1, 0.15) is 24.2 Å². The molecule has 0 saturated heterocycles. The fourth-order valence-corrected chi connectivity index (χ4v) is 5.67. The monoisotopic (exact) mass is 614 g/mol. The molecule has 3 aromatic carbocycles. The maximum Gasteiger partial charge on any atom is 0.321 e. The Morgan fingerprint density at radius 1 is 1.16 bits per heavy atom. The number of aliphatic hydroxyl groups excluding tert-OH is 1. The number of nitrogens with one attached hydrogen (secondary N) is 2. The Bertz CT molecular complexity index is 1550. The van der Waals surface area contributed by atoms with E-state index in [1.165, 1.54) is 28.0 Å². The predicted octanol–water partition coefficient (Wildman–Crippen LogP) is 4.02. The van der Waals surface area contributed by atoms with Crippen LogP contribution in [-0.2, 0) is 10.0 Å². The van der Waals surface area contributed by atoms with E-state index in [1.807, 2.05) is 6.92 Å². The highest BCUT2D eigenvalue weighted by molar-refractivity contribution is 7.92. The van der Waals surface area contributed by atoms with Gasteiger partial charge in [0.2, 0.25) is 0 Å². The number of para-hydroxylation sites is 1. The van der Waals surface area contributed by atoms with Crippen LogP contribution in [-0.4, -0.2) is 81.3 Å². The van der Waals surface area contributed by atoms with Crippen LogP contribution in [0.15, 0.2) is 71.6 Å². The van der Waals surface area contributed by atoms with Gasteiger partial charge in [0.15, 0.2) is 5.75 Å². The molecule has 230 valence electrons. The molecule has 1 aliphatic heterocycles. The van der Waals surface area contributed by atoms with Gasteiger partial charge in [-0.05, 0) is 67.6 Å². The number of hydrogen-bond donors (Lipinski definition) is 3. The second kappa shape index (κ2) is 13.3. The molecule has 3 N–H and O–H groups in total. The number of benzene rings is 3. The molecule has 0 radical (unpaired) electrons. The minimum absolute atomic E-state index is 0.00351. The molecule has 3 atom stereocenters. The van der Waals surface area contributed by atoms with Gasteiger partial charge in [0.05, 0.1) is 42.4 Å². The van der Waals surface area contributed by atoms with E-state index in [-0.39, 0.29) is 47.5 Å². The zero-order valence-corrected chi connectivity index (χ0v) is 25.1. The summed E-state index contributed by atoms with van der Waals surface area (Å²) in [6, 6.07) is 14.7. The molecule has 1 aliphatic rings. The van der Waals surface area contributed by atoms with Crippen molar-refractivity contribution in [1.29, 1.82) is 0 Å². The first kappa shape index (κ1) is 31.6. The summed E-state index contributed by atoms with van der Waals surface area (Å²) in [4.78, 5) is 29.5. The number of carbonyl (C=O) groups excluding carboxylic acids is 2. The Morgan fingerprint density at radius 3 is 2.47 bits per heavy atom. The fraction of sp³-hybridized carbons (Fsp3) is 0.333. The van der Waals surface area contributed by atoms with Gasteiger partial charge in [0, 0.05) is 25.2 Å². The molecule has 0 spiro atoms. The number of halogens is 1. The number of aliphatic hydroxyl groups is 1. The largest absolute Gasteiger partial charge is 0.497 e. The third-order valence-electron chi connectivity index (χ3n) is 7.20. The Kier molecular flexibility index (Phi) is 9.77. The van der Waals surface area contributed by atoms with Crippen molar-refractivity contribution < 1.29 is 37.0 Å². The Balaban J connectivity index is 1.66.